The zero-order chi connectivity index (χ0) is 29.4. The number of nitrogens with two attached hydrogens (primary N) is 1. The number of carbonyl (C=O) groups excluding carboxylic acids is 2. The predicted octanol–water partition coefficient (Wildman–Crippen LogP) is 3.12. The number of carbonyl (C=O) groups is 2. The molecule has 0 radical (unpaired) electrons. The molecule has 210 valence electrons. The Morgan fingerprint density at radius 3 is 2.23 bits per heavy atom. The largest absolute Gasteiger partial charge is 0.573 e. The van der Waals surface area contributed by atoms with E-state index in [4.69, 9.17) is 17.3 Å². The molecule has 40 heavy (non-hydrogen) atoms. The van der Waals surface area contributed by atoms with Gasteiger partial charge in [0.2, 0.25) is 5.82 Å². The number of aromatic nitrogens is 6. The van der Waals surface area contributed by atoms with E-state index in [1.165, 1.54) is 36.4 Å². The number of para-hydroxylation sites is 2. The number of rotatable bonds is 8. The van der Waals surface area contributed by atoms with Crippen LogP contribution in [-0.2, 0) is 17.9 Å². The van der Waals surface area contributed by atoms with Crippen LogP contribution >= 0.6 is 11.6 Å². The lowest BCUT2D eigenvalue weighted by atomic mass is 10.2. The van der Waals surface area contributed by atoms with Crippen molar-refractivity contribution in [1.82, 2.24) is 29.1 Å². The Hall–Kier alpha value is -4.67. The number of ether oxygens (including phenoxy) is 1. The molecular formula is C22H14ClF6N7O4. The van der Waals surface area contributed by atoms with E-state index in [2.05, 4.69) is 19.9 Å². The third-order valence-electron chi connectivity index (χ3n) is 5.12. The van der Waals surface area contributed by atoms with Gasteiger partial charge in [0.1, 0.15) is 12.2 Å². The van der Waals surface area contributed by atoms with Crippen LogP contribution in [0.3, 0.4) is 0 Å². The number of halogens is 7. The van der Waals surface area contributed by atoms with E-state index in [-0.39, 0.29) is 27.9 Å². The molecule has 2 N–H and O–H groups in total. The van der Waals surface area contributed by atoms with E-state index in [0.717, 1.165) is 12.1 Å². The smallest absolute Gasteiger partial charge is 0.403 e. The molecule has 0 unspecified atom stereocenters. The maximum Gasteiger partial charge on any atom is 0.573 e. The van der Waals surface area contributed by atoms with Crippen LogP contribution in [-0.4, -0.2) is 53.3 Å². The molecule has 18 heteroatoms. The molecule has 0 aliphatic heterocycles. The van der Waals surface area contributed by atoms with Crippen LogP contribution in [0.2, 0.25) is 5.02 Å². The lowest BCUT2D eigenvalue weighted by Crippen LogP contribution is -2.33. The molecular weight excluding hydrogens is 576 g/mol. The van der Waals surface area contributed by atoms with E-state index >= 15 is 0 Å². The Labute approximate surface area is 223 Å². The molecule has 0 saturated heterocycles. The summed E-state index contributed by atoms with van der Waals surface area (Å²) in [7, 11) is 0. The molecule has 2 aromatic carbocycles. The molecule has 1 amide bonds. The van der Waals surface area contributed by atoms with E-state index in [1.54, 1.807) is 0 Å². The van der Waals surface area contributed by atoms with Crippen molar-refractivity contribution in [1.29, 1.82) is 0 Å². The van der Waals surface area contributed by atoms with Crippen molar-refractivity contribution in [2.24, 2.45) is 5.73 Å². The molecule has 0 aliphatic rings. The van der Waals surface area contributed by atoms with Gasteiger partial charge in [0.25, 0.3) is 11.7 Å². The van der Waals surface area contributed by atoms with Gasteiger partial charge in [-0.15, -0.1) is 23.4 Å². The monoisotopic (exact) mass is 589 g/mol. The summed E-state index contributed by atoms with van der Waals surface area (Å²) in [5.41, 5.74) is 3.87. The summed E-state index contributed by atoms with van der Waals surface area (Å²) in [4.78, 5) is 40.6. The third-order valence-corrected chi connectivity index (χ3v) is 5.38. The first-order chi connectivity index (χ1) is 18.6. The Bertz CT molecular complexity index is 1640. The second kappa shape index (κ2) is 10.5. The summed E-state index contributed by atoms with van der Waals surface area (Å²) in [5.74, 6) is -5.57. The summed E-state index contributed by atoms with van der Waals surface area (Å²) in [6.45, 7) is -2.08. The second-order valence-corrected chi connectivity index (χ2v) is 8.36. The fraction of sp³-hybridized carbons (Fsp3) is 0.182. The number of benzene rings is 2. The maximum atomic E-state index is 13.0. The highest BCUT2D eigenvalue weighted by atomic mass is 35.5. The number of ketones is 1. The number of hydrogen-bond acceptors (Lipinski definition) is 7. The highest BCUT2D eigenvalue weighted by Gasteiger charge is 2.39. The summed E-state index contributed by atoms with van der Waals surface area (Å²) in [6.07, 6.45) is -10.3. The molecule has 0 fully saturated rings. The molecule has 0 atom stereocenters. The maximum absolute atomic E-state index is 13.0. The fourth-order valence-corrected chi connectivity index (χ4v) is 3.58. The lowest BCUT2D eigenvalue weighted by molar-refractivity contribution is -0.274. The van der Waals surface area contributed by atoms with Crippen LogP contribution < -0.4 is 16.2 Å². The fourth-order valence-electron chi connectivity index (χ4n) is 3.46. The second-order valence-electron chi connectivity index (χ2n) is 7.92. The van der Waals surface area contributed by atoms with E-state index in [9.17, 15) is 40.7 Å². The first-order valence-corrected chi connectivity index (χ1v) is 11.2. The number of alkyl halides is 6. The van der Waals surface area contributed by atoms with Gasteiger partial charge in [-0.25, -0.2) is 19.1 Å². The van der Waals surface area contributed by atoms with Gasteiger partial charge in [-0.1, -0.05) is 23.7 Å². The minimum absolute atomic E-state index is 0.129. The molecule has 11 nitrogen and oxygen atoms in total. The number of Topliss-reactive ketones (excluding diaryl/α,β-unsaturated/α-hetero) is 1. The van der Waals surface area contributed by atoms with Crippen LogP contribution in [0.15, 0.2) is 53.3 Å². The molecule has 0 saturated carbocycles. The standard InChI is InChI=1S/C22H14ClF6N7O4/c23-12-7-5-11(6-8-12)18-33-35(20(39)34(18)9-15(37)21(24,25)26)10-16-31-19(17(30)38)36(32-16)13-3-1-2-4-14(13)40-22(27,28)29/h1-8H,9-10H2,(H2,30,38). The first kappa shape index (κ1) is 28.3. The van der Waals surface area contributed by atoms with E-state index < -0.39 is 54.6 Å². The quantitative estimate of drug-likeness (QED) is 0.311. The van der Waals surface area contributed by atoms with Crippen molar-refractivity contribution < 1.29 is 40.7 Å². The van der Waals surface area contributed by atoms with E-state index in [1.807, 2.05) is 0 Å². The summed E-state index contributed by atoms with van der Waals surface area (Å²) in [5, 5.41) is 8.19. The average molecular weight is 590 g/mol. The molecule has 4 rings (SSSR count). The van der Waals surface area contributed by atoms with E-state index in [0.29, 0.717) is 13.9 Å². The number of amides is 1. The minimum atomic E-state index is -5.25. The topological polar surface area (TPSA) is 140 Å². The van der Waals surface area contributed by atoms with Crippen molar-refractivity contribution >= 4 is 23.3 Å². The van der Waals surface area contributed by atoms with Gasteiger partial charge < -0.3 is 10.5 Å². The lowest BCUT2D eigenvalue weighted by Gasteiger charge is -2.13. The van der Waals surface area contributed by atoms with Crippen LogP contribution in [0, 0.1) is 0 Å². The summed E-state index contributed by atoms with van der Waals surface area (Å²) >= 11 is 5.84. The average Bonchev–Trinajstić information content (AvgIpc) is 3.40. The minimum Gasteiger partial charge on any atom is -0.403 e. The van der Waals surface area contributed by atoms with Crippen molar-refractivity contribution in [2.75, 3.05) is 0 Å². The zero-order valence-corrected chi connectivity index (χ0v) is 20.3. The molecule has 0 aliphatic carbocycles. The Balaban J connectivity index is 1.79. The molecule has 0 bridgehead atoms. The van der Waals surface area contributed by atoms with Gasteiger partial charge in [0.05, 0.1) is 6.54 Å². The van der Waals surface area contributed by atoms with Gasteiger partial charge >= 0.3 is 18.2 Å². The van der Waals surface area contributed by atoms with Crippen LogP contribution in [0.5, 0.6) is 5.75 Å². The van der Waals surface area contributed by atoms with Crippen LogP contribution in [0.4, 0.5) is 26.3 Å². The molecule has 0 spiro atoms. The Morgan fingerprint density at radius 2 is 1.62 bits per heavy atom. The highest BCUT2D eigenvalue weighted by molar-refractivity contribution is 6.30. The van der Waals surface area contributed by atoms with Crippen molar-refractivity contribution in [3.63, 3.8) is 0 Å². The van der Waals surface area contributed by atoms with Crippen molar-refractivity contribution in [2.45, 2.75) is 25.6 Å². The Morgan fingerprint density at radius 1 is 0.975 bits per heavy atom. The SMILES string of the molecule is NC(=O)c1nc(Cn2nc(-c3ccc(Cl)cc3)n(CC(=O)C(F)(F)F)c2=O)nn1-c1ccccc1OC(F)(F)F. The van der Waals surface area contributed by atoms with Gasteiger partial charge in [-0.3, -0.25) is 14.2 Å². The predicted molar refractivity (Wildman–Crippen MR) is 124 cm³/mol. The van der Waals surface area contributed by atoms with Gasteiger partial charge in [-0.2, -0.15) is 13.2 Å². The summed E-state index contributed by atoms with van der Waals surface area (Å²) < 4.78 is 83.3. The van der Waals surface area contributed by atoms with Crippen molar-refractivity contribution in [3.05, 3.63) is 75.7 Å². The highest BCUT2D eigenvalue weighted by Crippen LogP contribution is 2.29. The number of hydrogen-bond donors (Lipinski definition) is 1. The Kier molecular flexibility index (Phi) is 7.42. The first-order valence-electron chi connectivity index (χ1n) is 10.8. The van der Waals surface area contributed by atoms with Crippen LogP contribution in [0.1, 0.15) is 16.4 Å². The van der Waals surface area contributed by atoms with Crippen molar-refractivity contribution in [3.8, 4) is 22.8 Å². The zero-order valence-electron chi connectivity index (χ0n) is 19.6. The van der Waals surface area contributed by atoms with Gasteiger partial charge in [0.15, 0.2) is 17.4 Å². The molecule has 2 aromatic heterocycles. The third kappa shape index (κ3) is 6.14. The number of primary amides is 1. The molecule has 2 heterocycles. The van der Waals surface area contributed by atoms with Gasteiger partial charge in [-0.05, 0) is 36.4 Å². The van der Waals surface area contributed by atoms with Gasteiger partial charge in [0, 0.05) is 10.6 Å². The van der Waals surface area contributed by atoms with Crippen LogP contribution in [0.25, 0.3) is 17.1 Å². The number of nitrogens with zero attached hydrogens (tertiary/aromatic N) is 6. The molecule has 4 aromatic rings. The summed E-state index contributed by atoms with van der Waals surface area (Å²) in [6, 6.07) is 10.0. The normalized spacial score (nSPS) is 12.0.